The van der Waals surface area contributed by atoms with E-state index in [1.165, 1.54) is 47.3 Å². The molecule has 3 rings (SSSR count). The lowest BCUT2D eigenvalue weighted by Gasteiger charge is -2.16. The number of hydrogen-bond donors (Lipinski definition) is 2. The Bertz CT molecular complexity index is 719. The summed E-state index contributed by atoms with van der Waals surface area (Å²) in [6.45, 7) is 3.31. The summed E-state index contributed by atoms with van der Waals surface area (Å²) in [5, 5.41) is 7.33. The lowest BCUT2D eigenvalue weighted by molar-refractivity contribution is -0.676. The number of hydrogen-bond acceptors (Lipinski definition) is 2. The van der Waals surface area contributed by atoms with Gasteiger partial charge in [-0.3, -0.25) is 4.79 Å². The molecule has 3 N–H and O–H groups in total. The second kappa shape index (κ2) is 9.70. The third-order valence-electron chi connectivity index (χ3n) is 4.98. The molecule has 0 spiro atoms. The van der Waals surface area contributed by atoms with Gasteiger partial charge in [-0.15, -0.1) is 11.3 Å². The Hall–Kier alpha value is -1.91. The van der Waals surface area contributed by atoms with Gasteiger partial charge >= 0.3 is 0 Å². The van der Waals surface area contributed by atoms with E-state index in [0.717, 1.165) is 13.0 Å². The molecule has 1 aliphatic carbocycles. The minimum Gasteiger partial charge on any atom is -0.351 e. The van der Waals surface area contributed by atoms with Gasteiger partial charge in [0.05, 0.1) is 4.88 Å². The van der Waals surface area contributed by atoms with E-state index in [9.17, 15) is 4.79 Å². The minimum absolute atomic E-state index is 0.120. The van der Waals surface area contributed by atoms with Crippen molar-refractivity contribution in [2.75, 3.05) is 13.1 Å². The first-order valence-electron chi connectivity index (χ1n) is 9.60. The molecule has 0 radical (unpaired) electrons. The second-order valence-electron chi connectivity index (χ2n) is 7.05. The van der Waals surface area contributed by atoms with Gasteiger partial charge in [0.15, 0.2) is 6.54 Å². The first-order valence-corrected chi connectivity index (χ1v) is 10.5. The summed E-state index contributed by atoms with van der Waals surface area (Å²) in [6.07, 6.45) is 8.37. The van der Waals surface area contributed by atoms with E-state index in [2.05, 4.69) is 65.4 Å². The molecular formula is C22H29N2OS+. The molecule has 138 valence electrons. The van der Waals surface area contributed by atoms with Crippen molar-refractivity contribution in [3.05, 3.63) is 69.4 Å². The molecule has 0 saturated carbocycles. The maximum atomic E-state index is 12.3. The number of rotatable bonds is 8. The summed E-state index contributed by atoms with van der Waals surface area (Å²) >= 11 is 1.75. The Kier molecular flexibility index (Phi) is 7.04. The molecular weight excluding hydrogens is 340 g/mol. The summed E-state index contributed by atoms with van der Waals surface area (Å²) in [7, 11) is 0. The van der Waals surface area contributed by atoms with E-state index in [-0.39, 0.29) is 11.9 Å². The van der Waals surface area contributed by atoms with Crippen molar-refractivity contribution in [3.63, 3.8) is 0 Å². The van der Waals surface area contributed by atoms with Crippen LogP contribution < -0.4 is 10.6 Å². The molecule has 4 heteroatoms. The zero-order valence-electron chi connectivity index (χ0n) is 15.5. The van der Waals surface area contributed by atoms with Crippen molar-refractivity contribution >= 4 is 17.2 Å². The highest BCUT2D eigenvalue weighted by molar-refractivity contribution is 7.10. The number of nitrogens with one attached hydrogen (secondary N) is 1. The van der Waals surface area contributed by atoms with Crippen LogP contribution in [0.15, 0.2) is 53.4 Å². The predicted octanol–water partition coefficient (Wildman–Crippen LogP) is 3.72. The van der Waals surface area contributed by atoms with Crippen LogP contribution in [0.5, 0.6) is 0 Å². The van der Waals surface area contributed by atoms with Crippen molar-refractivity contribution < 1.29 is 10.1 Å². The Labute approximate surface area is 160 Å². The molecule has 1 aromatic carbocycles. The van der Waals surface area contributed by atoms with Gasteiger partial charge in [-0.05, 0) is 50.5 Å². The topological polar surface area (TPSA) is 45.7 Å². The highest BCUT2D eigenvalue weighted by atomic mass is 32.1. The van der Waals surface area contributed by atoms with Crippen LogP contribution >= 0.6 is 11.3 Å². The fraction of sp³-hybridized carbons (Fsp3) is 0.409. The minimum atomic E-state index is 0.120. The van der Waals surface area contributed by atoms with Gasteiger partial charge in [-0.1, -0.05) is 47.5 Å². The number of aryl methyl sites for hydroxylation is 1. The van der Waals surface area contributed by atoms with Crippen LogP contribution in [-0.4, -0.2) is 19.0 Å². The standard InChI is InChI=1S/C22H28N2OS/c1-17-9-11-19(12-10-17)22(20-8-5-15-26-20)24-16-21(25)23-14-13-18-6-3-2-4-7-18/h5-6,8-12,15,22,24H,2-4,7,13-14,16H2,1H3,(H,23,25)/p+1/t22-/m0/s1. The Morgan fingerprint density at radius 2 is 2.08 bits per heavy atom. The summed E-state index contributed by atoms with van der Waals surface area (Å²) in [5.41, 5.74) is 4.02. The molecule has 26 heavy (non-hydrogen) atoms. The van der Waals surface area contributed by atoms with Gasteiger partial charge in [-0.25, -0.2) is 0 Å². The molecule has 1 aromatic heterocycles. The van der Waals surface area contributed by atoms with Gasteiger partial charge in [0.2, 0.25) is 0 Å². The first-order chi connectivity index (χ1) is 12.7. The number of nitrogens with two attached hydrogens (primary N) is 1. The van der Waals surface area contributed by atoms with Crippen LogP contribution in [-0.2, 0) is 4.79 Å². The molecule has 0 aliphatic heterocycles. The summed E-state index contributed by atoms with van der Waals surface area (Å²) in [4.78, 5) is 13.6. The second-order valence-corrected chi connectivity index (χ2v) is 8.03. The fourth-order valence-corrected chi connectivity index (χ4v) is 4.30. The zero-order chi connectivity index (χ0) is 18.2. The highest BCUT2D eigenvalue weighted by Crippen LogP contribution is 2.23. The van der Waals surface area contributed by atoms with Crippen molar-refractivity contribution in [2.24, 2.45) is 0 Å². The van der Waals surface area contributed by atoms with Crippen LogP contribution in [0.4, 0.5) is 0 Å². The lowest BCUT2D eigenvalue weighted by Crippen LogP contribution is -2.87. The smallest absolute Gasteiger partial charge is 0.275 e. The fourth-order valence-electron chi connectivity index (χ4n) is 3.45. The number of thiophene rings is 1. The SMILES string of the molecule is Cc1ccc([C@H]([NH2+]CC(=O)NCCC2=CCCCC2)c2cccs2)cc1. The average Bonchev–Trinajstić information content (AvgIpc) is 3.19. The molecule has 3 nitrogen and oxygen atoms in total. The van der Waals surface area contributed by atoms with E-state index < -0.39 is 0 Å². The number of benzene rings is 1. The predicted molar refractivity (Wildman–Crippen MR) is 108 cm³/mol. The van der Waals surface area contributed by atoms with E-state index in [1.807, 2.05) is 0 Å². The molecule has 0 fully saturated rings. The van der Waals surface area contributed by atoms with Crippen molar-refractivity contribution in [3.8, 4) is 0 Å². The van der Waals surface area contributed by atoms with Crippen molar-refractivity contribution in [2.45, 2.75) is 45.1 Å². The molecule has 1 aliphatic rings. The first kappa shape index (κ1) is 18.9. The van der Waals surface area contributed by atoms with E-state index in [4.69, 9.17) is 0 Å². The Morgan fingerprint density at radius 3 is 2.77 bits per heavy atom. The molecule has 2 aromatic rings. The van der Waals surface area contributed by atoms with Crippen LogP contribution in [0.1, 0.15) is 54.1 Å². The van der Waals surface area contributed by atoms with E-state index in [1.54, 1.807) is 11.3 Å². The summed E-state index contributed by atoms with van der Waals surface area (Å²) < 4.78 is 0. The number of carbonyl (C=O) groups excluding carboxylic acids is 1. The van der Waals surface area contributed by atoms with Crippen LogP contribution in [0.2, 0.25) is 0 Å². The lowest BCUT2D eigenvalue weighted by atomic mass is 9.97. The molecule has 1 heterocycles. The zero-order valence-corrected chi connectivity index (χ0v) is 16.4. The normalized spacial score (nSPS) is 15.3. The van der Waals surface area contributed by atoms with Gasteiger partial charge in [0.25, 0.3) is 5.91 Å². The van der Waals surface area contributed by atoms with Gasteiger partial charge in [-0.2, -0.15) is 0 Å². The van der Waals surface area contributed by atoms with E-state index >= 15 is 0 Å². The maximum Gasteiger partial charge on any atom is 0.275 e. The maximum absolute atomic E-state index is 12.3. The summed E-state index contributed by atoms with van der Waals surface area (Å²) in [6, 6.07) is 13.0. The van der Waals surface area contributed by atoms with Crippen molar-refractivity contribution in [1.82, 2.24) is 5.32 Å². The Balaban J connectivity index is 1.51. The van der Waals surface area contributed by atoms with Gasteiger partial charge < -0.3 is 10.6 Å². The number of allylic oxidation sites excluding steroid dienone is 1. The molecule has 1 atom stereocenters. The van der Waals surface area contributed by atoms with Gasteiger partial charge in [0, 0.05) is 12.1 Å². The molecule has 1 amide bonds. The highest BCUT2D eigenvalue weighted by Gasteiger charge is 2.19. The summed E-state index contributed by atoms with van der Waals surface area (Å²) in [5.74, 6) is 0.120. The average molecular weight is 370 g/mol. The number of quaternary nitrogens is 1. The monoisotopic (exact) mass is 369 g/mol. The number of carbonyl (C=O) groups is 1. The van der Waals surface area contributed by atoms with Crippen LogP contribution in [0, 0.1) is 6.92 Å². The Morgan fingerprint density at radius 1 is 1.23 bits per heavy atom. The molecule has 0 bridgehead atoms. The van der Waals surface area contributed by atoms with Crippen molar-refractivity contribution in [1.29, 1.82) is 0 Å². The molecule has 0 unspecified atom stereocenters. The quantitative estimate of drug-likeness (QED) is 0.685. The third kappa shape index (κ3) is 5.55. The number of amides is 1. The third-order valence-corrected chi connectivity index (χ3v) is 5.93. The largest absolute Gasteiger partial charge is 0.351 e. The molecule has 0 saturated heterocycles. The van der Waals surface area contributed by atoms with E-state index in [0.29, 0.717) is 6.54 Å². The van der Waals surface area contributed by atoms with Crippen LogP contribution in [0.3, 0.4) is 0 Å². The van der Waals surface area contributed by atoms with Crippen LogP contribution in [0.25, 0.3) is 0 Å². The van der Waals surface area contributed by atoms with Gasteiger partial charge in [0.1, 0.15) is 6.04 Å².